The second-order valence-corrected chi connectivity index (χ2v) is 3.27. The molecule has 1 aromatic rings. The number of benzene rings is 1. The van der Waals surface area contributed by atoms with Crippen molar-refractivity contribution in [3.8, 4) is 23.8 Å². The number of ether oxygens (including phenoxy) is 2. The second kappa shape index (κ2) is 5.66. The first kappa shape index (κ1) is 10.4. The lowest BCUT2D eigenvalue weighted by molar-refractivity contribution is 0.355. The highest BCUT2D eigenvalue weighted by atomic mass is 127. The van der Waals surface area contributed by atoms with Crippen LogP contribution in [0.2, 0.25) is 0 Å². The summed E-state index contributed by atoms with van der Waals surface area (Å²) >= 11 is 2.00. The van der Waals surface area contributed by atoms with Crippen molar-refractivity contribution >= 4 is 28.6 Å². The van der Waals surface area contributed by atoms with Gasteiger partial charge in [-0.05, 0) is 21.8 Å². The van der Waals surface area contributed by atoms with E-state index in [4.69, 9.17) is 17.3 Å². The quantitative estimate of drug-likeness (QED) is 0.630. The summed E-state index contributed by atoms with van der Waals surface area (Å²) in [5.74, 6) is 3.68. The minimum Gasteiger partial charge on any atom is -0.493 e. The molecular formula is C12H11IO2. The number of hydrogen-bond donors (Lipinski definition) is 0. The van der Waals surface area contributed by atoms with Crippen molar-refractivity contribution in [3.63, 3.8) is 0 Å². The molecule has 0 saturated carbocycles. The number of rotatable bonds is 3. The van der Waals surface area contributed by atoms with Gasteiger partial charge in [0, 0.05) is 11.6 Å². The molecule has 0 amide bonds. The summed E-state index contributed by atoms with van der Waals surface area (Å²) in [6.07, 6.45) is 5.40. The summed E-state index contributed by atoms with van der Waals surface area (Å²) in [5.41, 5.74) is 1.28. The fourth-order valence-corrected chi connectivity index (χ4v) is 1.51. The lowest BCUT2D eigenvalue weighted by atomic mass is 10.1. The molecule has 0 atom stereocenters. The number of hydrogen-bond acceptors (Lipinski definition) is 2. The molecule has 2 nitrogen and oxygen atoms in total. The van der Waals surface area contributed by atoms with Gasteiger partial charge in [-0.3, -0.25) is 0 Å². The predicted octanol–water partition coefficient (Wildman–Crippen LogP) is 3.09. The van der Waals surface area contributed by atoms with Crippen LogP contribution < -0.4 is 9.47 Å². The molecule has 0 spiro atoms. The molecule has 0 bridgehead atoms. The van der Waals surface area contributed by atoms with Gasteiger partial charge in [0.1, 0.15) is 0 Å². The monoisotopic (exact) mass is 315 g/mol. The molecule has 1 aromatic carbocycles. The summed E-state index contributed by atoms with van der Waals surface area (Å²) in [4.78, 5) is 0. The summed E-state index contributed by atoms with van der Waals surface area (Å²) in [7, 11) is 3.10. The maximum Gasteiger partial charge on any atom is 0.162 e. The van der Waals surface area contributed by atoms with Gasteiger partial charge in [0.15, 0.2) is 11.5 Å². The molecular weight excluding hydrogens is 303 g/mol. The molecule has 0 unspecified atom stereocenters. The maximum absolute atomic E-state index is 7.77. The smallest absolute Gasteiger partial charge is 0.162 e. The Balaban J connectivity index is 3.45. The van der Waals surface area contributed by atoms with Gasteiger partial charge in [0.05, 0.1) is 15.6 Å². The van der Waals surface area contributed by atoms with Crippen LogP contribution in [-0.2, 0) is 0 Å². The highest BCUT2D eigenvalue weighted by Crippen LogP contribution is 2.30. The molecule has 0 N–H and O–H groups in total. The number of halogens is 1. The van der Waals surface area contributed by atoms with Crippen LogP contribution in [0.4, 0.5) is 0 Å². The van der Waals surface area contributed by atoms with Crippen molar-refractivity contribution in [1.82, 2.24) is 0 Å². The van der Waals surface area contributed by atoms with Crippen LogP contribution >= 0.6 is 22.6 Å². The van der Waals surface area contributed by atoms with Gasteiger partial charge in [-0.25, -0.2) is 0 Å². The van der Waals surface area contributed by atoms with E-state index in [1.165, 1.54) is 0 Å². The molecule has 0 aliphatic heterocycles. The van der Waals surface area contributed by atoms with E-state index in [1.54, 1.807) is 30.4 Å². The van der Waals surface area contributed by atoms with E-state index < -0.39 is 0 Å². The van der Waals surface area contributed by atoms with E-state index in [-0.39, 0.29) is 0 Å². The Hall–Kier alpha value is -1.15. The van der Waals surface area contributed by atoms with Crippen LogP contribution in [0.3, 0.4) is 0 Å². The SMILES string of the molecule is [2H]/C(=C\I)c1cc(OC)c(OC)cc1C#C. The summed E-state index contributed by atoms with van der Waals surface area (Å²) in [6, 6.07) is 3.77. The zero-order valence-electron chi connectivity index (χ0n) is 9.50. The maximum atomic E-state index is 7.77. The zero-order valence-corrected chi connectivity index (χ0v) is 10.7. The fourth-order valence-electron chi connectivity index (χ4n) is 1.18. The second-order valence-electron chi connectivity index (χ2n) is 2.65. The Labute approximate surface area is 105 Å². The third-order valence-corrected chi connectivity index (χ3v) is 2.20. The van der Waals surface area contributed by atoms with E-state index in [0.29, 0.717) is 28.7 Å². The van der Waals surface area contributed by atoms with Crippen LogP contribution in [0.25, 0.3) is 6.05 Å². The topological polar surface area (TPSA) is 18.5 Å². The minimum atomic E-state index is 0.356. The Bertz CT molecular complexity index is 461. The standard InChI is InChI=1S/C12H11IO2/c1-4-9-7-11(14-2)12(15-3)8-10(9)5-6-13/h1,5-8H,2-3H3/b6-5+/i5D. The average Bonchev–Trinajstić information content (AvgIpc) is 2.35. The molecule has 0 saturated heterocycles. The van der Waals surface area contributed by atoms with Gasteiger partial charge in [-0.1, -0.05) is 28.5 Å². The molecule has 0 fully saturated rings. The van der Waals surface area contributed by atoms with E-state index in [2.05, 4.69) is 5.92 Å². The summed E-state index contributed by atoms with van der Waals surface area (Å²) < 4.78 is 19.7. The van der Waals surface area contributed by atoms with Gasteiger partial charge >= 0.3 is 0 Å². The Morgan fingerprint density at radius 3 is 2.47 bits per heavy atom. The highest BCUT2D eigenvalue weighted by molar-refractivity contribution is 14.1. The molecule has 0 heterocycles. The fraction of sp³-hybridized carbons (Fsp3) is 0.167. The molecule has 1 rings (SSSR count). The Morgan fingerprint density at radius 2 is 2.00 bits per heavy atom. The van der Waals surface area contributed by atoms with Crippen molar-refractivity contribution in [2.45, 2.75) is 0 Å². The van der Waals surface area contributed by atoms with E-state index >= 15 is 0 Å². The molecule has 0 aliphatic carbocycles. The first-order valence-corrected chi connectivity index (χ1v) is 5.42. The molecule has 15 heavy (non-hydrogen) atoms. The van der Waals surface area contributed by atoms with Crippen molar-refractivity contribution in [2.75, 3.05) is 14.2 Å². The van der Waals surface area contributed by atoms with Crippen molar-refractivity contribution in [2.24, 2.45) is 0 Å². The molecule has 3 heteroatoms. The predicted molar refractivity (Wildman–Crippen MR) is 70.5 cm³/mol. The lowest BCUT2D eigenvalue weighted by Crippen LogP contribution is -1.93. The first-order valence-electron chi connectivity index (χ1n) is 4.68. The van der Waals surface area contributed by atoms with Crippen LogP contribution in [-0.4, -0.2) is 14.2 Å². The van der Waals surface area contributed by atoms with Gasteiger partial charge < -0.3 is 9.47 Å². The molecule has 0 radical (unpaired) electrons. The lowest BCUT2D eigenvalue weighted by Gasteiger charge is -2.09. The minimum absolute atomic E-state index is 0.356. The van der Waals surface area contributed by atoms with E-state index in [0.717, 1.165) is 0 Å². The van der Waals surface area contributed by atoms with Gasteiger partial charge in [0.25, 0.3) is 0 Å². The van der Waals surface area contributed by atoms with Gasteiger partial charge in [0.2, 0.25) is 0 Å². The molecule has 0 aliphatic rings. The third kappa shape index (κ3) is 2.66. The normalized spacial score (nSPS) is 11.6. The van der Waals surface area contributed by atoms with Gasteiger partial charge in [-0.2, -0.15) is 0 Å². The number of methoxy groups -OCH3 is 2. The van der Waals surface area contributed by atoms with Crippen LogP contribution in [0.5, 0.6) is 11.5 Å². The highest BCUT2D eigenvalue weighted by Gasteiger charge is 2.07. The summed E-state index contributed by atoms with van der Waals surface area (Å²) in [6.45, 7) is 0. The summed E-state index contributed by atoms with van der Waals surface area (Å²) in [5, 5.41) is 0. The zero-order chi connectivity index (χ0) is 12.1. The van der Waals surface area contributed by atoms with Crippen LogP contribution in [0.1, 0.15) is 12.5 Å². The Morgan fingerprint density at radius 1 is 1.40 bits per heavy atom. The van der Waals surface area contributed by atoms with Crippen LogP contribution in [0, 0.1) is 12.3 Å². The first-order chi connectivity index (χ1) is 7.67. The van der Waals surface area contributed by atoms with Crippen LogP contribution in [0.15, 0.2) is 16.2 Å². The van der Waals surface area contributed by atoms with E-state index in [9.17, 15) is 0 Å². The van der Waals surface area contributed by atoms with Gasteiger partial charge in [-0.15, -0.1) is 6.42 Å². The molecule has 78 valence electrons. The van der Waals surface area contributed by atoms with Crippen molar-refractivity contribution < 1.29 is 10.8 Å². The average molecular weight is 315 g/mol. The van der Waals surface area contributed by atoms with E-state index in [1.807, 2.05) is 22.6 Å². The Kier molecular flexibility index (Phi) is 3.92. The van der Waals surface area contributed by atoms with Crippen molar-refractivity contribution in [1.29, 1.82) is 0 Å². The molecule has 0 aromatic heterocycles. The largest absolute Gasteiger partial charge is 0.493 e. The third-order valence-electron chi connectivity index (χ3n) is 1.89. The van der Waals surface area contributed by atoms with Crippen molar-refractivity contribution in [3.05, 3.63) is 27.3 Å². The number of terminal acetylenes is 1.